The molecule has 1 aromatic carbocycles. The molecule has 0 radical (unpaired) electrons. The van der Waals surface area contributed by atoms with Gasteiger partial charge in [0.15, 0.2) is 5.82 Å². The number of para-hydroxylation sites is 1. The molecule has 0 saturated carbocycles. The maximum atomic E-state index is 5.33. The summed E-state index contributed by atoms with van der Waals surface area (Å²) in [5, 5.41) is 17.2. The third-order valence-electron chi connectivity index (χ3n) is 3.43. The number of rotatable bonds is 4. The zero-order chi connectivity index (χ0) is 16.4. The molecule has 0 amide bonds. The molecule has 0 spiro atoms. The highest BCUT2D eigenvalue weighted by atomic mass is 16.5. The second-order valence-corrected chi connectivity index (χ2v) is 5.18. The average molecular weight is 310 g/mol. The Morgan fingerprint density at radius 1 is 1.13 bits per heavy atom. The van der Waals surface area contributed by atoms with Gasteiger partial charge in [0.25, 0.3) is 5.95 Å². The predicted octanol–water partition coefficient (Wildman–Crippen LogP) is 2.28. The SMILES string of the molecule is COc1ccccc1/C=N/n1c(C)nnc1-n1nc(C)cc1C. The van der Waals surface area contributed by atoms with Crippen molar-refractivity contribution >= 4 is 6.21 Å². The number of hydrogen-bond donors (Lipinski definition) is 0. The van der Waals surface area contributed by atoms with E-state index in [0.717, 1.165) is 22.7 Å². The van der Waals surface area contributed by atoms with E-state index in [2.05, 4.69) is 20.4 Å². The van der Waals surface area contributed by atoms with Gasteiger partial charge >= 0.3 is 0 Å². The van der Waals surface area contributed by atoms with Crippen LogP contribution in [0.1, 0.15) is 22.8 Å². The highest BCUT2D eigenvalue weighted by Crippen LogP contribution is 2.16. The second-order valence-electron chi connectivity index (χ2n) is 5.18. The zero-order valence-electron chi connectivity index (χ0n) is 13.6. The maximum absolute atomic E-state index is 5.33. The van der Waals surface area contributed by atoms with Crippen LogP contribution in [0.15, 0.2) is 35.4 Å². The van der Waals surface area contributed by atoms with Gasteiger partial charge in [0, 0.05) is 11.3 Å². The molecule has 7 heteroatoms. The Morgan fingerprint density at radius 3 is 2.61 bits per heavy atom. The van der Waals surface area contributed by atoms with Gasteiger partial charge in [-0.15, -0.1) is 10.2 Å². The Bertz CT molecular complexity index is 861. The quantitative estimate of drug-likeness (QED) is 0.693. The van der Waals surface area contributed by atoms with E-state index < -0.39 is 0 Å². The first-order chi connectivity index (χ1) is 11.1. The van der Waals surface area contributed by atoms with Gasteiger partial charge in [-0.2, -0.15) is 14.9 Å². The van der Waals surface area contributed by atoms with Gasteiger partial charge in [-0.1, -0.05) is 12.1 Å². The number of hydrogen-bond acceptors (Lipinski definition) is 5. The van der Waals surface area contributed by atoms with Crippen LogP contribution in [-0.4, -0.2) is 38.0 Å². The first-order valence-electron chi connectivity index (χ1n) is 7.23. The van der Waals surface area contributed by atoms with Gasteiger partial charge in [-0.25, -0.2) is 4.68 Å². The normalized spacial score (nSPS) is 11.3. The molecule has 7 nitrogen and oxygen atoms in total. The third kappa shape index (κ3) is 2.85. The van der Waals surface area contributed by atoms with Gasteiger partial charge in [-0.3, -0.25) is 0 Å². The van der Waals surface area contributed by atoms with Crippen molar-refractivity contribution in [2.24, 2.45) is 5.10 Å². The molecule has 3 aromatic rings. The number of ether oxygens (including phenoxy) is 1. The van der Waals surface area contributed by atoms with E-state index in [9.17, 15) is 0 Å². The van der Waals surface area contributed by atoms with Crippen LogP contribution in [0.5, 0.6) is 5.75 Å². The highest BCUT2D eigenvalue weighted by Gasteiger charge is 2.13. The predicted molar refractivity (Wildman–Crippen MR) is 87.3 cm³/mol. The van der Waals surface area contributed by atoms with Gasteiger partial charge in [0.05, 0.1) is 19.0 Å². The van der Waals surface area contributed by atoms with Crippen LogP contribution in [0, 0.1) is 20.8 Å². The van der Waals surface area contributed by atoms with E-state index in [0.29, 0.717) is 11.8 Å². The molecule has 0 fully saturated rings. The number of aryl methyl sites for hydroxylation is 3. The van der Waals surface area contributed by atoms with E-state index >= 15 is 0 Å². The van der Waals surface area contributed by atoms with Crippen molar-refractivity contribution < 1.29 is 4.74 Å². The molecule has 0 atom stereocenters. The summed E-state index contributed by atoms with van der Waals surface area (Å²) in [4.78, 5) is 0. The van der Waals surface area contributed by atoms with E-state index in [4.69, 9.17) is 4.74 Å². The lowest BCUT2D eigenvalue weighted by molar-refractivity contribution is 0.414. The van der Waals surface area contributed by atoms with Crippen molar-refractivity contribution in [1.29, 1.82) is 0 Å². The minimum Gasteiger partial charge on any atom is -0.496 e. The van der Waals surface area contributed by atoms with Crippen LogP contribution in [0.25, 0.3) is 5.95 Å². The average Bonchev–Trinajstić information content (AvgIpc) is 3.07. The molecule has 0 aliphatic rings. The lowest BCUT2D eigenvalue weighted by Gasteiger charge is -2.05. The van der Waals surface area contributed by atoms with E-state index in [1.165, 1.54) is 0 Å². The van der Waals surface area contributed by atoms with Crippen molar-refractivity contribution in [3.8, 4) is 11.7 Å². The molecule has 2 heterocycles. The van der Waals surface area contributed by atoms with Crippen LogP contribution >= 0.6 is 0 Å². The van der Waals surface area contributed by atoms with Crippen molar-refractivity contribution in [3.63, 3.8) is 0 Å². The molecular weight excluding hydrogens is 292 g/mol. The third-order valence-corrected chi connectivity index (χ3v) is 3.43. The molecular formula is C16H18N6O. The van der Waals surface area contributed by atoms with Gasteiger partial charge in [0.2, 0.25) is 0 Å². The summed E-state index contributed by atoms with van der Waals surface area (Å²) in [6, 6.07) is 9.66. The first-order valence-corrected chi connectivity index (χ1v) is 7.23. The van der Waals surface area contributed by atoms with Crippen molar-refractivity contribution in [2.75, 3.05) is 7.11 Å². The van der Waals surface area contributed by atoms with Gasteiger partial charge in [-0.05, 0) is 39.0 Å². The first kappa shape index (κ1) is 15.0. The van der Waals surface area contributed by atoms with E-state index in [1.807, 2.05) is 51.1 Å². The molecule has 3 rings (SSSR count). The lowest BCUT2D eigenvalue weighted by atomic mass is 10.2. The second kappa shape index (κ2) is 6.04. The summed E-state index contributed by atoms with van der Waals surface area (Å²) in [6.07, 6.45) is 1.73. The lowest BCUT2D eigenvalue weighted by Crippen LogP contribution is -2.08. The Morgan fingerprint density at radius 2 is 1.91 bits per heavy atom. The van der Waals surface area contributed by atoms with E-state index in [1.54, 1.807) is 22.7 Å². The number of benzene rings is 1. The van der Waals surface area contributed by atoms with Gasteiger partial charge in [0.1, 0.15) is 5.75 Å². The van der Waals surface area contributed by atoms with Crippen LogP contribution in [0.3, 0.4) is 0 Å². The van der Waals surface area contributed by atoms with Crippen molar-refractivity contribution in [3.05, 3.63) is 53.1 Å². The molecule has 2 aromatic heterocycles. The minimum atomic E-state index is 0.555. The Balaban J connectivity index is 2.03. The fraction of sp³-hybridized carbons (Fsp3) is 0.250. The van der Waals surface area contributed by atoms with Crippen molar-refractivity contribution in [2.45, 2.75) is 20.8 Å². The highest BCUT2D eigenvalue weighted by molar-refractivity contribution is 5.83. The fourth-order valence-electron chi connectivity index (χ4n) is 2.34. The Kier molecular flexibility index (Phi) is 3.92. The molecule has 0 aliphatic carbocycles. The van der Waals surface area contributed by atoms with Crippen LogP contribution in [-0.2, 0) is 0 Å². The molecule has 23 heavy (non-hydrogen) atoms. The number of methoxy groups -OCH3 is 1. The van der Waals surface area contributed by atoms with Crippen LogP contribution in [0.2, 0.25) is 0 Å². The largest absolute Gasteiger partial charge is 0.496 e. The molecule has 0 N–H and O–H groups in total. The topological polar surface area (TPSA) is 70.1 Å². The van der Waals surface area contributed by atoms with Crippen molar-refractivity contribution in [1.82, 2.24) is 24.7 Å². The number of aromatic nitrogens is 5. The summed E-state index contributed by atoms with van der Waals surface area (Å²) in [5.41, 5.74) is 2.77. The summed E-state index contributed by atoms with van der Waals surface area (Å²) in [7, 11) is 1.64. The molecule has 0 aliphatic heterocycles. The smallest absolute Gasteiger partial charge is 0.273 e. The molecule has 0 saturated heterocycles. The van der Waals surface area contributed by atoms with E-state index in [-0.39, 0.29) is 0 Å². The standard InChI is InChI=1S/C16H18N6O/c1-11-9-12(2)21(20-11)16-19-18-13(3)22(16)17-10-14-7-5-6-8-15(14)23-4/h5-10H,1-4H3/b17-10+. The Hall–Kier alpha value is -2.96. The summed E-state index contributed by atoms with van der Waals surface area (Å²) in [6.45, 7) is 5.76. The monoisotopic (exact) mass is 310 g/mol. The maximum Gasteiger partial charge on any atom is 0.273 e. The summed E-state index contributed by atoms with van der Waals surface area (Å²) >= 11 is 0. The molecule has 0 unspecified atom stereocenters. The molecule has 118 valence electrons. The minimum absolute atomic E-state index is 0.555. The number of nitrogens with zero attached hydrogens (tertiary/aromatic N) is 6. The summed E-state index contributed by atoms with van der Waals surface area (Å²) < 4.78 is 8.72. The Labute approximate surface area is 134 Å². The van der Waals surface area contributed by atoms with Crippen LogP contribution in [0.4, 0.5) is 0 Å². The zero-order valence-corrected chi connectivity index (χ0v) is 13.6. The fourth-order valence-corrected chi connectivity index (χ4v) is 2.34. The van der Waals surface area contributed by atoms with Gasteiger partial charge < -0.3 is 4.74 Å². The molecule has 0 bridgehead atoms. The van der Waals surface area contributed by atoms with Crippen LogP contribution < -0.4 is 4.74 Å². The summed E-state index contributed by atoms with van der Waals surface area (Å²) in [5.74, 6) is 1.99.